The van der Waals surface area contributed by atoms with Crippen LogP contribution in [-0.4, -0.2) is 48.8 Å². The van der Waals surface area contributed by atoms with Gasteiger partial charge in [0.05, 0.1) is 12.1 Å². The Morgan fingerprint density at radius 2 is 1.80 bits per heavy atom. The fraction of sp³-hybridized carbons (Fsp3) is 0.467. The molecule has 0 aliphatic carbocycles. The zero-order valence-electron chi connectivity index (χ0n) is 15.5. The Morgan fingerprint density at radius 3 is 2.30 bits per heavy atom. The van der Waals surface area contributed by atoms with Gasteiger partial charge in [-0.1, -0.05) is 0 Å². The summed E-state index contributed by atoms with van der Waals surface area (Å²) < 4.78 is 113. The maximum absolute atomic E-state index is 12.6. The van der Waals surface area contributed by atoms with Crippen LogP contribution in [0.3, 0.4) is 0 Å². The Kier molecular flexibility index (Phi) is 6.16. The van der Waals surface area contributed by atoms with Crippen molar-refractivity contribution in [1.82, 2.24) is 9.55 Å². The summed E-state index contributed by atoms with van der Waals surface area (Å²) in [5, 5.41) is 0. The van der Waals surface area contributed by atoms with Crippen LogP contribution in [0.4, 0.5) is 26.3 Å². The lowest BCUT2D eigenvalue weighted by Gasteiger charge is -2.12. The molecule has 0 aromatic carbocycles. The number of carbonyl (C=O) groups excluding carboxylic acids is 1. The predicted octanol–water partition coefficient (Wildman–Crippen LogP) is 3.23. The molecule has 2 rings (SSSR count). The van der Waals surface area contributed by atoms with Gasteiger partial charge < -0.3 is 18.2 Å². The topological polar surface area (TPSA) is 96.7 Å². The van der Waals surface area contributed by atoms with Crippen molar-refractivity contribution in [3.8, 4) is 11.6 Å². The van der Waals surface area contributed by atoms with Crippen molar-refractivity contribution in [3.05, 3.63) is 17.3 Å². The number of pyridine rings is 1. The van der Waals surface area contributed by atoms with E-state index in [2.05, 4.69) is 13.9 Å². The van der Waals surface area contributed by atoms with Gasteiger partial charge in [-0.15, -0.1) is 0 Å². The number of aryl methyl sites for hydroxylation is 2. The summed E-state index contributed by atoms with van der Waals surface area (Å²) in [5.41, 5.74) is -7.03. The summed E-state index contributed by atoms with van der Waals surface area (Å²) in [7, 11) is -4.85. The number of carbonyl (C=O) groups is 1. The van der Waals surface area contributed by atoms with Crippen LogP contribution >= 0.6 is 0 Å². The molecule has 0 fully saturated rings. The summed E-state index contributed by atoms with van der Waals surface area (Å²) in [6.45, 7) is 0.600. The highest BCUT2D eigenvalue weighted by Gasteiger charge is 2.49. The Labute approximate surface area is 165 Å². The predicted molar refractivity (Wildman–Crippen MR) is 88.6 cm³/mol. The molecule has 2 aromatic heterocycles. The van der Waals surface area contributed by atoms with E-state index >= 15 is 0 Å². The molecular weight excluding hydrogens is 450 g/mol. The van der Waals surface area contributed by atoms with E-state index in [0.717, 1.165) is 17.6 Å². The third-order valence-corrected chi connectivity index (χ3v) is 4.54. The average molecular weight is 464 g/mol. The molecule has 168 valence electrons. The van der Waals surface area contributed by atoms with Crippen LogP contribution in [0.1, 0.15) is 23.0 Å². The van der Waals surface area contributed by atoms with E-state index in [1.165, 1.54) is 14.0 Å². The summed E-state index contributed by atoms with van der Waals surface area (Å²) in [5.74, 6) is -2.88. The first-order chi connectivity index (χ1) is 13.6. The number of hydrogen-bond acceptors (Lipinski definition) is 7. The number of esters is 1. The Hall–Kier alpha value is -2.71. The van der Waals surface area contributed by atoms with Crippen molar-refractivity contribution in [2.75, 3.05) is 13.2 Å². The lowest BCUT2D eigenvalue weighted by molar-refractivity contribution is -0.153. The number of aromatic nitrogens is 2. The second-order valence-electron chi connectivity index (χ2n) is 5.82. The molecule has 0 aliphatic rings. The maximum Gasteiger partial charge on any atom is 0.534 e. The van der Waals surface area contributed by atoms with E-state index in [1.807, 2.05) is 0 Å². The fourth-order valence-corrected chi connectivity index (χ4v) is 2.82. The van der Waals surface area contributed by atoms with E-state index in [1.54, 1.807) is 0 Å². The lowest BCUT2D eigenvalue weighted by Crippen LogP contribution is -2.28. The number of alkyl halides is 6. The molecule has 0 amide bonds. The Bertz CT molecular complexity index is 1070. The third-order valence-electron chi connectivity index (χ3n) is 3.59. The van der Waals surface area contributed by atoms with Crippen LogP contribution in [0, 0.1) is 6.92 Å². The van der Waals surface area contributed by atoms with E-state index in [0.29, 0.717) is 0 Å². The minimum absolute atomic E-state index is 0.0375. The van der Waals surface area contributed by atoms with E-state index in [4.69, 9.17) is 4.74 Å². The first kappa shape index (κ1) is 23.6. The minimum Gasteiger partial charge on any atom is -0.479 e. The van der Waals surface area contributed by atoms with Crippen molar-refractivity contribution >= 4 is 27.1 Å². The van der Waals surface area contributed by atoms with Crippen molar-refractivity contribution in [2.24, 2.45) is 7.05 Å². The van der Waals surface area contributed by atoms with Crippen molar-refractivity contribution in [3.63, 3.8) is 0 Å². The second-order valence-corrected chi connectivity index (χ2v) is 7.36. The van der Waals surface area contributed by atoms with Gasteiger partial charge in [0, 0.05) is 12.6 Å². The van der Waals surface area contributed by atoms with Gasteiger partial charge in [-0.2, -0.15) is 34.8 Å². The molecule has 0 N–H and O–H groups in total. The molecule has 0 spiro atoms. The monoisotopic (exact) mass is 464 g/mol. The number of ether oxygens (including phenoxy) is 2. The number of rotatable bonds is 6. The van der Waals surface area contributed by atoms with Gasteiger partial charge in [-0.25, -0.2) is 9.78 Å². The van der Waals surface area contributed by atoms with Gasteiger partial charge >= 0.3 is 27.8 Å². The van der Waals surface area contributed by atoms with Gasteiger partial charge in [0.25, 0.3) is 0 Å². The second kappa shape index (κ2) is 7.85. The highest BCUT2D eigenvalue weighted by Crippen LogP contribution is 2.37. The molecule has 0 saturated carbocycles. The standard InChI is InChI=1S/C15H14F6N2O6S/c1-4-27-13(24)10-11(28-6-14(16,17)18)9-8(23(10)3)5-7(2)12(22-9)29-30(25,26)15(19,20)21/h5H,4,6H2,1-3H3. The van der Waals surface area contributed by atoms with Crippen LogP contribution in [0.25, 0.3) is 11.0 Å². The Balaban J connectivity index is 2.71. The molecule has 0 unspecified atom stereocenters. The number of hydrogen-bond donors (Lipinski definition) is 0. The molecule has 8 nitrogen and oxygen atoms in total. The van der Waals surface area contributed by atoms with Crippen LogP contribution in [0.5, 0.6) is 11.6 Å². The lowest BCUT2D eigenvalue weighted by atomic mass is 10.2. The molecule has 0 bridgehead atoms. The Morgan fingerprint density at radius 1 is 1.20 bits per heavy atom. The number of fused-ring (bicyclic) bond motifs is 1. The summed E-state index contributed by atoms with van der Waals surface area (Å²) >= 11 is 0. The molecule has 0 atom stereocenters. The quantitative estimate of drug-likeness (QED) is 0.280. The van der Waals surface area contributed by atoms with E-state index in [-0.39, 0.29) is 17.7 Å². The van der Waals surface area contributed by atoms with Gasteiger partial charge in [0.2, 0.25) is 5.88 Å². The largest absolute Gasteiger partial charge is 0.534 e. The molecule has 0 radical (unpaired) electrons. The van der Waals surface area contributed by atoms with Gasteiger partial charge in [0.15, 0.2) is 18.1 Å². The number of halogens is 6. The van der Waals surface area contributed by atoms with Gasteiger partial charge in [0.1, 0.15) is 5.52 Å². The normalized spacial score (nSPS) is 12.8. The molecule has 2 heterocycles. The molecule has 15 heteroatoms. The SMILES string of the molecule is CCOC(=O)c1c(OCC(F)(F)F)c2nc(OS(=O)(=O)C(F)(F)F)c(C)cc2n1C. The molecule has 0 aliphatic heterocycles. The molecule has 0 saturated heterocycles. The zero-order chi connectivity index (χ0) is 23.1. The highest BCUT2D eigenvalue weighted by molar-refractivity contribution is 7.87. The zero-order valence-corrected chi connectivity index (χ0v) is 16.3. The van der Waals surface area contributed by atoms with Crippen molar-refractivity contribution < 1.29 is 53.2 Å². The van der Waals surface area contributed by atoms with Crippen LogP contribution in [0.15, 0.2) is 6.07 Å². The first-order valence-electron chi connectivity index (χ1n) is 7.96. The summed E-state index contributed by atoms with van der Waals surface area (Å²) in [6, 6.07) is 1.08. The minimum atomic E-state index is -6.10. The van der Waals surface area contributed by atoms with Crippen molar-refractivity contribution in [2.45, 2.75) is 25.5 Å². The highest BCUT2D eigenvalue weighted by atomic mass is 32.2. The molecule has 2 aromatic rings. The summed E-state index contributed by atoms with van der Waals surface area (Å²) in [6.07, 6.45) is -4.82. The maximum atomic E-state index is 12.6. The smallest absolute Gasteiger partial charge is 0.479 e. The first-order valence-corrected chi connectivity index (χ1v) is 9.37. The van der Waals surface area contributed by atoms with E-state index in [9.17, 15) is 39.6 Å². The van der Waals surface area contributed by atoms with Crippen LogP contribution in [0.2, 0.25) is 0 Å². The van der Waals surface area contributed by atoms with Gasteiger partial charge in [-0.05, 0) is 19.9 Å². The number of nitrogens with zero attached hydrogens (tertiary/aromatic N) is 2. The van der Waals surface area contributed by atoms with E-state index < -0.39 is 57.2 Å². The van der Waals surface area contributed by atoms with Crippen molar-refractivity contribution in [1.29, 1.82) is 0 Å². The average Bonchev–Trinajstić information content (AvgIpc) is 2.83. The van der Waals surface area contributed by atoms with Crippen LogP contribution < -0.4 is 8.92 Å². The molecule has 30 heavy (non-hydrogen) atoms. The van der Waals surface area contributed by atoms with Crippen LogP contribution in [-0.2, 0) is 21.9 Å². The third kappa shape index (κ3) is 4.71. The fourth-order valence-electron chi connectivity index (χ4n) is 2.35. The summed E-state index contributed by atoms with van der Waals surface area (Å²) in [4.78, 5) is 15.8. The molecular formula is C15H14F6N2O6S. The van der Waals surface area contributed by atoms with Gasteiger partial charge in [-0.3, -0.25) is 0 Å².